The zero-order chi connectivity index (χ0) is 29.3. The van der Waals surface area contributed by atoms with Gasteiger partial charge in [0.2, 0.25) is 11.8 Å². The molecule has 0 radical (unpaired) electrons. The van der Waals surface area contributed by atoms with Crippen molar-refractivity contribution in [3.63, 3.8) is 0 Å². The number of aromatic nitrogens is 2. The molecule has 2 spiro atoms. The highest BCUT2D eigenvalue weighted by atomic mass is 19.1. The van der Waals surface area contributed by atoms with Gasteiger partial charge in [-0.1, -0.05) is 30.7 Å². The van der Waals surface area contributed by atoms with Crippen LogP contribution in [0, 0.1) is 23.5 Å². The number of piperazine rings is 1. The second-order valence-corrected chi connectivity index (χ2v) is 12.3. The Labute approximate surface area is 243 Å². The van der Waals surface area contributed by atoms with Crippen LogP contribution in [0.4, 0.5) is 14.6 Å². The van der Waals surface area contributed by atoms with E-state index in [1.807, 2.05) is 32.2 Å². The van der Waals surface area contributed by atoms with Gasteiger partial charge in [0.1, 0.15) is 23.0 Å². The molecule has 3 aromatic rings. The summed E-state index contributed by atoms with van der Waals surface area (Å²) in [5.41, 5.74) is 1.51. The Kier molecular flexibility index (Phi) is 6.00. The molecule has 42 heavy (non-hydrogen) atoms. The molecule has 2 unspecified atom stereocenters. The van der Waals surface area contributed by atoms with Crippen molar-refractivity contribution in [2.45, 2.75) is 61.9 Å². The van der Waals surface area contributed by atoms with E-state index in [1.165, 1.54) is 12.1 Å². The molecule has 9 heteroatoms. The predicted octanol–water partition coefficient (Wildman–Crippen LogP) is 4.10. The molecule has 4 heterocycles. The van der Waals surface area contributed by atoms with Crippen LogP contribution in [-0.4, -0.2) is 57.3 Å². The summed E-state index contributed by atoms with van der Waals surface area (Å²) in [6, 6.07) is 9.22. The standard InChI is InChI=1S/C33H31F2N5O2/c1-31(23-14-24(34)16-25(35)15-23)20-39(2)33(9-3-4-10-33)30(42)40(31)12-6-7-21-13-22-17-32(18-27(22)37-19-21)26-8-5-11-36-28(26)38-29(32)41/h5,8,11,13-16,19H,3-4,9-10,12,17-18,20H2,1-2H3,(H,36,38,41). The molecule has 2 amide bonds. The largest absolute Gasteiger partial charge is 0.319 e. The predicted molar refractivity (Wildman–Crippen MR) is 152 cm³/mol. The van der Waals surface area contributed by atoms with E-state index in [9.17, 15) is 18.4 Å². The molecule has 1 N–H and O–H groups in total. The van der Waals surface area contributed by atoms with Crippen LogP contribution in [0.15, 0.2) is 48.8 Å². The number of nitrogens with one attached hydrogen (secondary N) is 1. The van der Waals surface area contributed by atoms with Gasteiger partial charge in [0.05, 0.1) is 17.5 Å². The van der Waals surface area contributed by atoms with Crippen molar-refractivity contribution in [1.29, 1.82) is 0 Å². The van der Waals surface area contributed by atoms with Gasteiger partial charge in [0.15, 0.2) is 0 Å². The number of pyridine rings is 2. The van der Waals surface area contributed by atoms with Crippen LogP contribution in [0.25, 0.3) is 0 Å². The van der Waals surface area contributed by atoms with Gasteiger partial charge >= 0.3 is 0 Å². The molecule has 2 fully saturated rings. The average molecular weight is 568 g/mol. The first-order valence-electron chi connectivity index (χ1n) is 14.4. The van der Waals surface area contributed by atoms with E-state index < -0.39 is 28.1 Å². The molecule has 2 aliphatic carbocycles. The van der Waals surface area contributed by atoms with Gasteiger partial charge in [-0.25, -0.2) is 13.8 Å². The first kappa shape index (κ1) is 26.7. The van der Waals surface area contributed by atoms with Crippen molar-refractivity contribution in [3.8, 4) is 11.8 Å². The number of nitrogens with zero attached hydrogens (tertiary/aromatic N) is 4. The van der Waals surface area contributed by atoms with E-state index in [1.54, 1.807) is 17.3 Å². The summed E-state index contributed by atoms with van der Waals surface area (Å²) in [6.45, 7) is 2.39. The van der Waals surface area contributed by atoms with Crippen LogP contribution in [0.1, 0.15) is 60.6 Å². The van der Waals surface area contributed by atoms with E-state index in [4.69, 9.17) is 0 Å². The molecular formula is C33H31F2N5O2. The van der Waals surface area contributed by atoms with Crippen molar-refractivity contribution >= 4 is 17.6 Å². The summed E-state index contributed by atoms with van der Waals surface area (Å²) in [7, 11) is 1.93. The molecule has 214 valence electrons. The Hall–Kier alpha value is -4.16. The second kappa shape index (κ2) is 9.43. The van der Waals surface area contributed by atoms with Gasteiger partial charge in [0, 0.05) is 48.2 Å². The van der Waals surface area contributed by atoms with Crippen molar-refractivity contribution < 1.29 is 18.4 Å². The summed E-state index contributed by atoms with van der Waals surface area (Å²) < 4.78 is 28.7. The molecule has 0 bridgehead atoms. The second-order valence-electron chi connectivity index (χ2n) is 12.3. The first-order chi connectivity index (χ1) is 20.1. The highest BCUT2D eigenvalue weighted by Gasteiger charge is 2.56. The fraction of sp³-hybridized carbons (Fsp3) is 0.394. The topological polar surface area (TPSA) is 78.4 Å². The van der Waals surface area contributed by atoms with Crippen LogP contribution in [-0.2, 0) is 33.4 Å². The van der Waals surface area contributed by atoms with Crippen molar-refractivity contribution in [2.24, 2.45) is 0 Å². The molecule has 1 saturated carbocycles. The van der Waals surface area contributed by atoms with Crippen LogP contribution >= 0.6 is 0 Å². The first-order valence-corrected chi connectivity index (χ1v) is 14.4. The summed E-state index contributed by atoms with van der Waals surface area (Å²) in [6.07, 6.45) is 7.81. The van der Waals surface area contributed by atoms with Crippen LogP contribution in [0.3, 0.4) is 0 Å². The monoisotopic (exact) mass is 567 g/mol. The van der Waals surface area contributed by atoms with Crippen LogP contribution in [0.2, 0.25) is 0 Å². The van der Waals surface area contributed by atoms with E-state index in [0.29, 0.717) is 36.3 Å². The number of carbonyl (C=O) groups is 2. The van der Waals surface area contributed by atoms with E-state index in [2.05, 4.69) is 32.0 Å². The maximum atomic E-state index is 14.3. The average Bonchev–Trinajstić information content (AvgIpc) is 3.66. The Morgan fingerprint density at radius 1 is 1.05 bits per heavy atom. The van der Waals surface area contributed by atoms with Crippen molar-refractivity contribution in [2.75, 3.05) is 25.5 Å². The number of likely N-dealkylation sites (N-methyl/N-ethyl adjacent to an activating group) is 1. The summed E-state index contributed by atoms with van der Waals surface area (Å²) in [5, 5.41) is 2.91. The third kappa shape index (κ3) is 3.88. The molecule has 2 aromatic heterocycles. The van der Waals surface area contributed by atoms with Gasteiger partial charge in [-0.15, -0.1) is 0 Å². The Balaban J connectivity index is 1.19. The van der Waals surface area contributed by atoms with Gasteiger partial charge in [-0.3, -0.25) is 19.5 Å². The fourth-order valence-electron chi connectivity index (χ4n) is 7.66. The molecule has 1 aromatic carbocycles. The number of rotatable bonds is 2. The molecule has 4 aliphatic rings. The molecule has 7 nitrogen and oxygen atoms in total. The maximum Gasteiger partial charge on any atom is 0.244 e. The minimum atomic E-state index is -0.975. The normalized spacial score (nSPS) is 25.9. The smallest absolute Gasteiger partial charge is 0.244 e. The van der Waals surface area contributed by atoms with Gasteiger partial charge in [0.25, 0.3) is 0 Å². The van der Waals surface area contributed by atoms with Crippen molar-refractivity contribution in [3.05, 3.63) is 88.4 Å². The van der Waals surface area contributed by atoms with Gasteiger partial charge < -0.3 is 10.2 Å². The van der Waals surface area contributed by atoms with Crippen molar-refractivity contribution in [1.82, 2.24) is 19.8 Å². The van der Waals surface area contributed by atoms with Gasteiger partial charge in [-0.2, -0.15) is 0 Å². The number of carbonyl (C=O) groups excluding carboxylic acids is 2. The van der Waals surface area contributed by atoms with E-state index in [0.717, 1.165) is 48.6 Å². The highest BCUT2D eigenvalue weighted by Crippen LogP contribution is 2.47. The highest BCUT2D eigenvalue weighted by molar-refractivity contribution is 6.06. The van der Waals surface area contributed by atoms with Crippen LogP contribution in [0.5, 0.6) is 0 Å². The Morgan fingerprint density at radius 3 is 2.57 bits per heavy atom. The third-order valence-corrected chi connectivity index (χ3v) is 9.91. The quantitative estimate of drug-likeness (QED) is 0.472. The fourth-order valence-corrected chi connectivity index (χ4v) is 7.66. The number of hydrogen-bond donors (Lipinski definition) is 1. The summed E-state index contributed by atoms with van der Waals surface area (Å²) in [5.74, 6) is 5.48. The van der Waals surface area contributed by atoms with Gasteiger partial charge in [-0.05, 0) is 68.6 Å². The maximum absolute atomic E-state index is 14.3. The summed E-state index contributed by atoms with van der Waals surface area (Å²) in [4.78, 5) is 40.0. The van der Waals surface area contributed by atoms with E-state index >= 15 is 0 Å². The number of halogens is 2. The SMILES string of the molecule is CN1CC(C)(c2cc(F)cc(F)c2)N(CC#Cc2cnc3c(c2)CC2(C3)C(=O)Nc3ncccc32)C(=O)C12CCCC2. The number of amides is 2. The minimum absolute atomic E-state index is 0.0521. The zero-order valence-electron chi connectivity index (χ0n) is 23.6. The molecule has 2 atom stereocenters. The number of anilines is 1. The summed E-state index contributed by atoms with van der Waals surface area (Å²) >= 11 is 0. The number of benzene rings is 1. The molecular weight excluding hydrogens is 536 g/mol. The molecule has 7 rings (SSSR count). The van der Waals surface area contributed by atoms with Crippen LogP contribution < -0.4 is 5.32 Å². The molecule has 1 saturated heterocycles. The number of hydrogen-bond acceptors (Lipinski definition) is 5. The minimum Gasteiger partial charge on any atom is -0.319 e. The Morgan fingerprint density at radius 2 is 1.81 bits per heavy atom. The lowest BCUT2D eigenvalue weighted by Gasteiger charge is -2.55. The third-order valence-electron chi connectivity index (χ3n) is 9.91. The van der Waals surface area contributed by atoms with E-state index in [-0.39, 0.29) is 18.4 Å². The zero-order valence-corrected chi connectivity index (χ0v) is 23.6. The lowest BCUT2D eigenvalue weighted by Crippen LogP contribution is -2.70. The number of fused-ring (bicyclic) bond motifs is 3. The molecule has 2 aliphatic heterocycles. The Bertz CT molecular complexity index is 1690. The lowest BCUT2D eigenvalue weighted by molar-refractivity contribution is -0.161. The lowest BCUT2D eigenvalue weighted by atomic mass is 9.80.